The zero-order valence-electron chi connectivity index (χ0n) is 19.1. The SMILES string of the molecule is Cc1cc(C)c(C)c(-c2c3ccccc3c(-c3ccc(C4CCCC4)nc3)c[n+]2C)c1. The number of pyridine rings is 2. The minimum atomic E-state index is 0.650. The van der Waals surface area contributed by atoms with Crippen LogP contribution in [0.2, 0.25) is 0 Å². The van der Waals surface area contributed by atoms with Crippen molar-refractivity contribution in [3.8, 4) is 22.4 Å². The van der Waals surface area contributed by atoms with Gasteiger partial charge in [-0.25, -0.2) is 0 Å². The lowest BCUT2D eigenvalue weighted by Crippen LogP contribution is -2.31. The highest BCUT2D eigenvalue weighted by atomic mass is 14.9. The van der Waals surface area contributed by atoms with Crippen LogP contribution in [-0.2, 0) is 7.05 Å². The molecule has 2 heteroatoms. The summed E-state index contributed by atoms with van der Waals surface area (Å²) in [5.41, 5.74) is 10.3. The number of hydrogen-bond acceptors (Lipinski definition) is 1. The number of aryl methyl sites for hydroxylation is 3. The summed E-state index contributed by atoms with van der Waals surface area (Å²) in [4.78, 5) is 4.88. The molecule has 4 aromatic rings. The monoisotopic (exact) mass is 407 g/mol. The van der Waals surface area contributed by atoms with E-state index in [2.05, 4.69) is 93.3 Å². The molecule has 5 rings (SSSR count). The summed E-state index contributed by atoms with van der Waals surface area (Å²) in [5, 5.41) is 2.57. The summed E-state index contributed by atoms with van der Waals surface area (Å²) in [6, 6.07) is 17.9. The van der Waals surface area contributed by atoms with Crippen LogP contribution >= 0.6 is 0 Å². The van der Waals surface area contributed by atoms with Gasteiger partial charge in [-0.1, -0.05) is 48.7 Å². The molecule has 1 aliphatic rings. The molecule has 2 aromatic carbocycles. The van der Waals surface area contributed by atoms with Crippen molar-refractivity contribution < 1.29 is 4.57 Å². The second-order valence-corrected chi connectivity index (χ2v) is 9.26. The lowest BCUT2D eigenvalue weighted by atomic mass is 9.92. The minimum absolute atomic E-state index is 0.650. The van der Waals surface area contributed by atoms with Crippen LogP contribution in [0.1, 0.15) is 54.0 Å². The van der Waals surface area contributed by atoms with E-state index in [4.69, 9.17) is 4.98 Å². The molecule has 156 valence electrons. The van der Waals surface area contributed by atoms with Crippen molar-refractivity contribution in [3.63, 3.8) is 0 Å². The molecule has 0 radical (unpaired) electrons. The fraction of sp³-hybridized carbons (Fsp3) is 0.310. The lowest BCUT2D eigenvalue weighted by molar-refractivity contribution is -0.658. The Morgan fingerprint density at radius 2 is 1.61 bits per heavy atom. The maximum Gasteiger partial charge on any atom is 0.220 e. The average molecular weight is 408 g/mol. The number of hydrogen-bond donors (Lipinski definition) is 0. The molecule has 0 N–H and O–H groups in total. The third-order valence-corrected chi connectivity index (χ3v) is 7.09. The summed E-state index contributed by atoms with van der Waals surface area (Å²) < 4.78 is 2.30. The fourth-order valence-corrected chi connectivity index (χ4v) is 5.32. The van der Waals surface area contributed by atoms with Gasteiger partial charge in [0.2, 0.25) is 5.69 Å². The first-order valence-electron chi connectivity index (χ1n) is 11.5. The highest BCUT2D eigenvalue weighted by Crippen LogP contribution is 2.36. The quantitative estimate of drug-likeness (QED) is 0.335. The molecule has 0 unspecified atom stereocenters. The first kappa shape index (κ1) is 19.9. The third-order valence-electron chi connectivity index (χ3n) is 7.09. The Hall–Kier alpha value is -3.00. The summed E-state index contributed by atoms with van der Waals surface area (Å²) in [6.45, 7) is 6.63. The lowest BCUT2D eigenvalue weighted by Gasteiger charge is -2.14. The van der Waals surface area contributed by atoms with Gasteiger partial charge >= 0.3 is 0 Å². The Morgan fingerprint density at radius 1 is 0.871 bits per heavy atom. The molecule has 1 fully saturated rings. The van der Waals surface area contributed by atoms with E-state index in [0.29, 0.717) is 5.92 Å². The predicted octanol–water partition coefficient (Wildman–Crippen LogP) is 6.98. The Bertz CT molecular complexity index is 1260. The van der Waals surface area contributed by atoms with Gasteiger partial charge in [0.1, 0.15) is 7.05 Å². The van der Waals surface area contributed by atoms with Gasteiger partial charge in [-0.15, -0.1) is 0 Å². The van der Waals surface area contributed by atoms with Crippen molar-refractivity contribution in [2.24, 2.45) is 7.05 Å². The van der Waals surface area contributed by atoms with Crippen molar-refractivity contribution in [3.05, 3.63) is 83.3 Å². The Balaban J connectivity index is 1.68. The summed E-state index contributed by atoms with van der Waals surface area (Å²) in [6.07, 6.45) is 9.61. The van der Waals surface area contributed by atoms with Gasteiger partial charge in [-0.05, 0) is 62.9 Å². The second-order valence-electron chi connectivity index (χ2n) is 9.26. The van der Waals surface area contributed by atoms with Crippen LogP contribution in [0.5, 0.6) is 0 Å². The predicted molar refractivity (Wildman–Crippen MR) is 129 cm³/mol. The Morgan fingerprint density at radius 3 is 2.32 bits per heavy atom. The van der Waals surface area contributed by atoms with E-state index in [1.807, 2.05) is 0 Å². The Labute approximate surface area is 185 Å². The van der Waals surface area contributed by atoms with Crippen LogP contribution < -0.4 is 4.57 Å². The first-order chi connectivity index (χ1) is 15.0. The third kappa shape index (κ3) is 3.54. The topological polar surface area (TPSA) is 16.8 Å². The van der Waals surface area contributed by atoms with Crippen LogP contribution in [0.4, 0.5) is 0 Å². The van der Waals surface area contributed by atoms with Gasteiger partial charge in [-0.3, -0.25) is 4.98 Å². The molecule has 0 bridgehead atoms. The van der Waals surface area contributed by atoms with E-state index in [-0.39, 0.29) is 0 Å². The molecule has 0 atom stereocenters. The van der Waals surface area contributed by atoms with Crippen LogP contribution in [0.3, 0.4) is 0 Å². The van der Waals surface area contributed by atoms with Crippen LogP contribution in [-0.4, -0.2) is 4.98 Å². The molecule has 2 heterocycles. The normalized spacial score (nSPS) is 14.5. The highest BCUT2D eigenvalue weighted by Gasteiger charge is 2.22. The van der Waals surface area contributed by atoms with Crippen molar-refractivity contribution in [1.29, 1.82) is 0 Å². The van der Waals surface area contributed by atoms with E-state index in [1.165, 1.54) is 81.2 Å². The molecule has 0 aliphatic heterocycles. The van der Waals surface area contributed by atoms with Gasteiger partial charge in [0.25, 0.3) is 0 Å². The minimum Gasteiger partial charge on any atom is -0.260 e. The van der Waals surface area contributed by atoms with E-state index in [0.717, 1.165) is 0 Å². The maximum atomic E-state index is 4.88. The van der Waals surface area contributed by atoms with Gasteiger partial charge in [0.05, 0.1) is 16.5 Å². The molecule has 0 saturated heterocycles. The second kappa shape index (κ2) is 7.92. The van der Waals surface area contributed by atoms with Gasteiger partial charge in [0, 0.05) is 28.8 Å². The molecular weight excluding hydrogens is 376 g/mol. The van der Waals surface area contributed by atoms with Crippen LogP contribution in [0.15, 0.2) is 60.9 Å². The van der Waals surface area contributed by atoms with E-state index in [1.54, 1.807) is 0 Å². The summed E-state index contributed by atoms with van der Waals surface area (Å²) in [5.74, 6) is 0.650. The average Bonchev–Trinajstić information content (AvgIpc) is 3.31. The molecule has 31 heavy (non-hydrogen) atoms. The smallest absolute Gasteiger partial charge is 0.220 e. The highest BCUT2D eigenvalue weighted by molar-refractivity contribution is 6.02. The van der Waals surface area contributed by atoms with E-state index >= 15 is 0 Å². The molecule has 0 amide bonds. The van der Waals surface area contributed by atoms with Crippen LogP contribution in [0, 0.1) is 20.8 Å². The van der Waals surface area contributed by atoms with Crippen molar-refractivity contribution >= 4 is 10.8 Å². The first-order valence-corrected chi connectivity index (χ1v) is 11.5. The Kier molecular flexibility index (Phi) is 5.09. The van der Waals surface area contributed by atoms with Crippen LogP contribution in [0.25, 0.3) is 33.2 Å². The number of benzene rings is 2. The largest absolute Gasteiger partial charge is 0.260 e. The van der Waals surface area contributed by atoms with Gasteiger partial charge in [-0.2, -0.15) is 4.57 Å². The maximum absolute atomic E-state index is 4.88. The molecule has 2 nitrogen and oxygen atoms in total. The zero-order chi connectivity index (χ0) is 21.5. The number of aromatic nitrogens is 2. The van der Waals surface area contributed by atoms with Crippen molar-refractivity contribution in [1.82, 2.24) is 4.98 Å². The van der Waals surface area contributed by atoms with Gasteiger partial charge in [0.15, 0.2) is 6.20 Å². The van der Waals surface area contributed by atoms with Gasteiger partial charge < -0.3 is 0 Å². The van der Waals surface area contributed by atoms with E-state index in [9.17, 15) is 0 Å². The summed E-state index contributed by atoms with van der Waals surface area (Å²) in [7, 11) is 2.17. The number of nitrogens with zero attached hydrogens (tertiary/aromatic N) is 2. The van der Waals surface area contributed by atoms with Crippen molar-refractivity contribution in [2.45, 2.75) is 52.4 Å². The summed E-state index contributed by atoms with van der Waals surface area (Å²) >= 11 is 0. The molecule has 1 saturated carbocycles. The molecule has 2 aromatic heterocycles. The number of rotatable bonds is 3. The molecule has 0 spiro atoms. The fourth-order valence-electron chi connectivity index (χ4n) is 5.32. The van der Waals surface area contributed by atoms with Crippen molar-refractivity contribution in [2.75, 3.05) is 0 Å². The number of fused-ring (bicyclic) bond motifs is 1. The molecular formula is C29H31N2+. The standard InChI is InChI=1S/C29H31N2/c1-19-15-20(2)21(3)26(16-19)29-25-12-8-7-11-24(25)27(18-31(29)4)23-13-14-28(30-17-23)22-9-5-6-10-22/h7-8,11-18,22H,5-6,9-10H2,1-4H3/q+1. The van der Waals surface area contributed by atoms with E-state index < -0.39 is 0 Å². The zero-order valence-corrected chi connectivity index (χ0v) is 19.1. The molecule has 1 aliphatic carbocycles.